The van der Waals surface area contributed by atoms with Crippen molar-refractivity contribution in [3.05, 3.63) is 48.0 Å². The van der Waals surface area contributed by atoms with Crippen LogP contribution in [0.15, 0.2) is 36.7 Å². The predicted octanol–water partition coefficient (Wildman–Crippen LogP) is 2.50. The van der Waals surface area contributed by atoms with Crippen molar-refractivity contribution in [1.29, 1.82) is 0 Å². The van der Waals surface area contributed by atoms with E-state index in [9.17, 15) is 9.18 Å². The molecule has 2 fully saturated rings. The number of likely N-dealkylation sites (tertiary alicyclic amines) is 1. The van der Waals surface area contributed by atoms with E-state index in [1.54, 1.807) is 23.0 Å². The van der Waals surface area contributed by atoms with E-state index in [2.05, 4.69) is 15.3 Å². The molecule has 132 valence electrons. The van der Waals surface area contributed by atoms with E-state index in [0.717, 1.165) is 18.0 Å². The van der Waals surface area contributed by atoms with Gasteiger partial charge >= 0.3 is 0 Å². The highest BCUT2D eigenvalue weighted by atomic mass is 19.1. The number of nitrogens with one attached hydrogen (secondary N) is 1. The molecule has 1 amide bonds. The Morgan fingerprint density at radius 3 is 3.04 bits per heavy atom. The molecule has 2 aromatic rings. The lowest BCUT2D eigenvalue weighted by Crippen LogP contribution is -2.35. The maximum atomic E-state index is 13.3. The quantitative estimate of drug-likeness (QED) is 0.877. The predicted molar refractivity (Wildman–Crippen MR) is 92.7 cm³/mol. The second-order valence-corrected chi connectivity index (χ2v) is 7.13. The first-order valence-electron chi connectivity index (χ1n) is 8.97. The monoisotopic (exact) mass is 342 g/mol. The van der Waals surface area contributed by atoms with Crippen molar-refractivity contribution < 1.29 is 9.18 Å². The number of aromatic nitrogens is 2. The van der Waals surface area contributed by atoms with Gasteiger partial charge in [0.05, 0.1) is 11.9 Å². The molecular weight excluding hydrogens is 319 g/mol. The van der Waals surface area contributed by atoms with Gasteiger partial charge < -0.3 is 5.32 Å². The lowest BCUT2D eigenvalue weighted by molar-refractivity contribution is -0.121. The Morgan fingerprint density at radius 1 is 1.36 bits per heavy atom. The highest BCUT2D eigenvalue weighted by Gasteiger charge is 2.37. The van der Waals surface area contributed by atoms with Gasteiger partial charge in [0.25, 0.3) is 0 Å². The molecule has 1 saturated heterocycles. The molecule has 1 aliphatic carbocycles. The summed E-state index contributed by atoms with van der Waals surface area (Å²) in [5, 5.41) is 7.18. The zero-order valence-electron chi connectivity index (χ0n) is 14.2. The molecule has 1 saturated carbocycles. The maximum Gasteiger partial charge on any atom is 0.221 e. The minimum Gasteiger partial charge on any atom is -0.352 e. The molecule has 6 heteroatoms. The molecule has 2 heterocycles. The lowest BCUT2D eigenvalue weighted by Gasteiger charge is -2.26. The average molecular weight is 342 g/mol. The number of carbonyl (C=O) groups is 1. The topological polar surface area (TPSA) is 50.2 Å². The number of carbonyl (C=O) groups excluding carboxylic acids is 1. The van der Waals surface area contributed by atoms with Crippen LogP contribution in [0.3, 0.4) is 0 Å². The average Bonchev–Trinajstić information content (AvgIpc) is 3.34. The molecule has 4 rings (SSSR count). The first-order chi connectivity index (χ1) is 12.2. The van der Waals surface area contributed by atoms with Crippen molar-refractivity contribution in [1.82, 2.24) is 20.0 Å². The van der Waals surface area contributed by atoms with Gasteiger partial charge in [-0.1, -0.05) is 6.07 Å². The minimum absolute atomic E-state index is 0.0706. The molecule has 0 radical (unpaired) electrons. The van der Waals surface area contributed by atoms with Crippen LogP contribution in [0, 0.1) is 11.7 Å². The Kier molecular flexibility index (Phi) is 4.53. The van der Waals surface area contributed by atoms with Crippen LogP contribution < -0.4 is 5.32 Å². The van der Waals surface area contributed by atoms with Crippen molar-refractivity contribution in [2.75, 3.05) is 13.1 Å². The summed E-state index contributed by atoms with van der Waals surface area (Å²) in [6.45, 7) is 2.47. The van der Waals surface area contributed by atoms with E-state index in [4.69, 9.17) is 0 Å². The van der Waals surface area contributed by atoms with Crippen LogP contribution in [-0.2, 0) is 11.3 Å². The number of halogens is 1. The normalized spacial score (nSPS) is 22.4. The van der Waals surface area contributed by atoms with Crippen LogP contribution in [0.25, 0.3) is 5.69 Å². The van der Waals surface area contributed by atoms with Crippen LogP contribution in [0.5, 0.6) is 0 Å². The van der Waals surface area contributed by atoms with Crippen LogP contribution in [0.1, 0.15) is 31.2 Å². The van der Waals surface area contributed by atoms with E-state index < -0.39 is 0 Å². The smallest absolute Gasteiger partial charge is 0.221 e. The molecule has 25 heavy (non-hydrogen) atoms. The fraction of sp³-hybridized carbons (Fsp3) is 0.474. The number of fused-ring (bicyclic) bond motifs is 2. The number of benzene rings is 1. The summed E-state index contributed by atoms with van der Waals surface area (Å²) in [5.41, 5.74) is 1.57. The number of hydrogen-bond donors (Lipinski definition) is 1. The standard InChI is InChI=1S/C19H23FN4O/c20-16-2-1-3-18(9-16)24-13-15(11-22-24)10-21-19(25)6-7-23-12-14-4-5-17(23)8-14/h1-3,9,11,13-14,17H,4-8,10,12H2,(H,21,25)/t14-,17+/m0/s1. The Hall–Kier alpha value is -2.21. The van der Waals surface area contributed by atoms with Gasteiger partial charge in [-0.25, -0.2) is 9.07 Å². The minimum atomic E-state index is -0.293. The van der Waals surface area contributed by atoms with Crippen molar-refractivity contribution in [3.8, 4) is 5.69 Å². The second-order valence-electron chi connectivity index (χ2n) is 7.13. The molecule has 0 spiro atoms. The molecule has 2 aliphatic rings. The Bertz CT molecular complexity index is 759. The number of hydrogen-bond acceptors (Lipinski definition) is 3. The summed E-state index contributed by atoms with van der Waals surface area (Å²) in [6, 6.07) is 6.99. The fourth-order valence-corrected chi connectivity index (χ4v) is 4.05. The molecule has 1 aliphatic heterocycles. The lowest BCUT2D eigenvalue weighted by atomic mass is 10.1. The molecule has 2 bridgehead atoms. The van der Waals surface area contributed by atoms with E-state index in [0.29, 0.717) is 24.7 Å². The van der Waals surface area contributed by atoms with Gasteiger partial charge in [0, 0.05) is 43.9 Å². The van der Waals surface area contributed by atoms with Crippen molar-refractivity contribution in [2.24, 2.45) is 5.92 Å². The van der Waals surface area contributed by atoms with E-state index in [-0.39, 0.29) is 11.7 Å². The van der Waals surface area contributed by atoms with E-state index in [1.165, 1.54) is 37.9 Å². The van der Waals surface area contributed by atoms with Gasteiger partial charge in [-0.05, 0) is 43.4 Å². The zero-order valence-corrected chi connectivity index (χ0v) is 14.2. The number of piperidine rings is 1. The molecular formula is C19H23FN4O. The second kappa shape index (κ2) is 6.96. The number of amides is 1. The SMILES string of the molecule is O=C(CCN1C[C@H]2CC[C@@H]1C2)NCc1cnn(-c2cccc(F)c2)c1. The first kappa shape index (κ1) is 16.3. The van der Waals surface area contributed by atoms with Crippen LogP contribution in [-0.4, -0.2) is 39.7 Å². The zero-order chi connectivity index (χ0) is 17.2. The summed E-state index contributed by atoms with van der Waals surface area (Å²) in [7, 11) is 0. The van der Waals surface area contributed by atoms with Crippen molar-refractivity contribution >= 4 is 5.91 Å². The van der Waals surface area contributed by atoms with Gasteiger partial charge in [-0.3, -0.25) is 9.69 Å². The summed E-state index contributed by atoms with van der Waals surface area (Å²) < 4.78 is 14.9. The summed E-state index contributed by atoms with van der Waals surface area (Å²) >= 11 is 0. The molecule has 1 aromatic heterocycles. The van der Waals surface area contributed by atoms with E-state index in [1.807, 2.05) is 6.20 Å². The summed E-state index contributed by atoms with van der Waals surface area (Å²) in [6.07, 6.45) is 8.04. The van der Waals surface area contributed by atoms with Crippen molar-refractivity contribution in [3.63, 3.8) is 0 Å². The van der Waals surface area contributed by atoms with Gasteiger partial charge in [0.1, 0.15) is 5.82 Å². The fourth-order valence-electron chi connectivity index (χ4n) is 4.05. The third-order valence-corrected chi connectivity index (χ3v) is 5.35. The van der Waals surface area contributed by atoms with Crippen LogP contribution >= 0.6 is 0 Å². The molecule has 2 atom stereocenters. The highest BCUT2D eigenvalue weighted by Crippen LogP contribution is 2.37. The third kappa shape index (κ3) is 3.74. The molecule has 5 nitrogen and oxygen atoms in total. The molecule has 0 unspecified atom stereocenters. The first-order valence-corrected chi connectivity index (χ1v) is 8.97. The number of rotatable bonds is 6. The summed E-state index contributed by atoms with van der Waals surface area (Å²) in [5.74, 6) is 0.640. The molecule has 1 aromatic carbocycles. The number of nitrogens with zero attached hydrogens (tertiary/aromatic N) is 3. The van der Waals surface area contributed by atoms with Gasteiger partial charge in [0.15, 0.2) is 0 Å². The Labute approximate surface area is 146 Å². The molecule has 1 N–H and O–H groups in total. The Morgan fingerprint density at radius 2 is 2.28 bits per heavy atom. The Balaban J connectivity index is 1.25. The third-order valence-electron chi connectivity index (χ3n) is 5.35. The van der Waals surface area contributed by atoms with Crippen LogP contribution in [0.4, 0.5) is 4.39 Å². The largest absolute Gasteiger partial charge is 0.352 e. The maximum absolute atomic E-state index is 13.3. The highest BCUT2D eigenvalue weighted by molar-refractivity contribution is 5.76. The van der Waals surface area contributed by atoms with Crippen LogP contribution in [0.2, 0.25) is 0 Å². The summed E-state index contributed by atoms with van der Waals surface area (Å²) in [4.78, 5) is 14.6. The van der Waals surface area contributed by atoms with E-state index >= 15 is 0 Å². The van der Waals surface area contributed by atoms with Crippen molar-refractivity contribution in [2.45, 2.75) is 38.3 Å². The van der Waals surface area contributed by atoms with Gasteiger partial charge in [-0.2, -0.15) is 5.10 Å². The van der Waals surface area contributed by atoms with Gasteiger partial charge in [0.2, 0.25) is 5.91 Å². The van der Waals surface area contributed by atoms with Gasteiger partial charge in [-0.15, -0.1) is 0 Å².